The molecule has 0 heterocycles. The van der Waals surface area contributed by atoms with E-state index in [1.165, 1.54) is 0 Å². The third kappa shape index (κ3) is 2.81. The molecule has 0 amide bonds. The Kier molecular flexibility index (Phi) is 2.67. The number of hydrogen-bond donors (Lipinski definition) is 5. The standard InChI is InChI=1S/CH4O7P2/c2-1(9(3,4)5)10(6,7)8/h3-5H,(H-,6,7,8)/p+1. The quantitative estimate of drug-likeness (QED) is 0.354. The molecule has 7 nitrogen and oxygen atoms in total. The van der Waals surface area contributed by atoms with E-state index in [0.717, 1.165) is 0 Å². The van der Waals surface area contributed by atoms with Crippen LogP contribution >= 0.6 is 15.5 Å². The van der Waals surface area contributed by atoms with Crippen molar-refractivity contribution < 1.29 is 33.8 Å². The molecule has 0 bridgehead atoms. The van der Waals surface area contributed by atoms with Crippen molar-refractivity contribution in [1.82, 2.24) is 0 Å². The van der Waals surface area contributed by atoms with Crippen molar-refractivity contribution in [2.45, 2.75) is 0 Å². The van der Waals surface area contributed by atoms with Crippen LogP contribution in [0.4, 0.5) is 4.79 Å². The van der Waals surface area contributed by atoms with E-state index < -0.39 is 20.8 Å². The van der Waals surface area contributed by atoms with Gasteiger partial charge in [0.25, 0.3) is 0 Å². The van der Waals surface area contributed by atoms with E-state index in [4.69, 9.17) is 24.5 Å². The van der Waals surface area contributed by atoms with Crippen LogP contribution < -0.4 is 0 Å². The lowest BCUT2D eigenvalue weighted by atomic mass is 11.8. The van der Waals surface area contributed by atoms with E-state index in [-0.39, 0.29) is 0 Å². The van der Waals surface area contributed by atoms with Gasteiger partial charge in [-0.15, -0.1) is 0 Å². The van der Waals surface area contributed by atoms with Gasteiger partial charge in [0.15, 0.2) is 0 Å². The molecule has 0 aromatic carbocycles. The van der Waals surface area contributed by atoms with E-state index in [1.54, 1.807) is 0 Å². The van der Waals surface area contributed by atoms with E-state index in [9.17, 15) is 9.36 Å². The fraction of sp³-hybridized carbons (Fsp3) is 0. The van der Waals surface area contributed by atoms with E-state index in [1.807, 2.05) is 0 Å². The van der Waals surface area contributed by atoms with Crippen molar-refractivity contribution >= 4 is 20.8 Å². The zero-order valence-electron chi connectivity index (χ0n) is 4.45. The summed E-state index contributed by atoms with van der Waals surface area (Å²) in [5.74, 6) is 0. The average molecular weight is 191 g/mol. The average Bonchev–Trinajstić information content (AvgIpc) is 1.59. The summed E-state index contributed by atoms with van der Waals surface area (Å²) in [5, 5.41) is -2.24. The summed E-state index contributed by atoms with van der Waals surface area (Å²) in [4.78, 5) is 49.9. The van der Waals surface area contributed by atoms with Gasteiger partial charge in [-0.3, -0.25) is 0 Å². The minimum absolute atomic E-state index is 2.24. The van der Waals surface area contributed by atoms with Gasteiger partial charge in [0.1, 0.15) is 0 Å². The number of carbonyl (C=O) groups excluding carboxylic acids is 1. The van der Waals surface area contributed by atoms with E-state index in [0.29, 0.717) is 0 Å². The van der Waals surface area contributed by atoms with Crippen LogP contribution in [0.2, 0.25) is 0 Å². The molecule has 0 fully saturated rings. The molecule has 0 unspecified atom stereocenters. The second-order valence-corrected chi connectivity index (χ2v) is 4.78. The van der Waals surface area contributed by atoms with Gasteiger partial charge < -0.3 is 9.79 Å². The first-order valence-corrected chi connectivity index (χ1v) is 5.09. The predicted molar refractivity (Wildman–Crippen MR) is 31.0 cm³/mol. The van der Waals surface area contributed by atoms with Crippen molar-refractivity contribution in [3.05, 3.63) is 0 Å². The van der Waals surface area contributed by atoms with E-state index in [2.05, 4.69) is 0 Å². The molecule has 0 aromatic rings. The van der Waals surface area contributed by atoms with E-state index >= 15 is 0 Å². The monoisotopic (exact) mass is 191 g/mol. The summed E-state index contributed by atoms with van der Waals surface area (Å²) >= 11 is 0. The first-order chi connectivity index (χ1) is 4.15. The maximum atomic E-state index is 10.0. The predicted octanol–water partition coefficient (Wildman–Crippen LogP) is -0.976. The Labute approximate surface area is 55.7 Å². The molecule has 5 N–H and O–H groups in total. The zero-order chi connectivity index (χ0) is 8.58. The Balaban J connectivity index is 4.57. The molecule has 0 saturated carbocycles. The van der Waals surface area contributed by atoms with Gasteiger partial charge in [-0.25, -0.2) is 9.36 Å². The van der Waals surface area contributed by atoms with Gasteiger partial charge in [0, 0.05) is 0 Å². The van der Waals surface area contributed by atoms with Crippen molar-refractivity contribution in [3.63, 3.8) is 0 Å². The summed E-state index contributed by atoms with van der Waals surface area (Å²) in [6, 6.07) is 0. The third-order valence-corrected chi connectivity index (χ3v) is 3.10. The summed E-state index contributed by atoms with van der Waals surface area (Å²) in [5.41, 5.74) is 0. The zero-order valence-corrected chi connectivity index (χ0v) is 6.24. The molecule has 0 atom stereocenters. The molecule has 0 spiro atoms. The van der Waals surface area contributed by atoms with Crippen LogP contribution in [0.25, 0.3) is 0 Å². The summed E-state index contributed by atoms with van der Waals surface area (Å²) in [6.07, 6.45) is 0. The highest BCUT2D eigenvalue weighted by Gasteiger charge is 2.54. The molecule has 0 aliphatic heterocycles. The SMILES string of the molecule is O=C(P(=O)(O)O)[P+](O)(O)O. The molecule has 10 heavy (non-hydrogen) atoms. The molecule has 0 rings (SSSR count). The lowest BCUT2D eigenvalue weighted by Crippen LogP contribution is -2.02. The van der Waals surface area contributed by atoms with Gasteiger partial charge >= 0.3 is 20.8 Å². The Morgan fingerprint density at radius 1 is 1.20 bits per heavy atom. The molecule has 0 aliphatic rings. The van der Waals surface area contributed by atoms with Crippen LogP contribution in [0.15, 0.2) is 0 Å². The summed E-state index contributed by atoms with van der Waals surface area (Å²) in [7, 11) is -10.2. The Morgan fingerprint density at radius 2 is 1.50 bits per heavy atom. The van der Waals surface area contributed by atoms with Gasteiger partial charge in [-0.2, -0.15) is 14.7 Å². The summed E-state index contributed by atoms with van der Waals surface area (Å²) < 4.78 is 9.87. The molecule has 0 aliphatic carbocycles. The summed E-state index contributed by atoms with van der Waals surface area (Å²) in [6.45, 7) is 0. The largest absolute Gasteiger partial charge is 0.492 e. The lowest BCUT2D eigenvalue weighted by Gasteiger charge is -2.01. The van der Waals surface area contributed by atoms with Crippen LogP contribution in [0, 0.1) is 0 Å². The van der Waals surface area contributed by atoms with Crippen molar-refractivity contribution in [1.29, 1.82) is 0 Å². The topological polar surface area (TPSA) is 135 Å². The lowest BCUT2D eigenvalue weighted by molar-refractivity contribution is 0.249. The fourth-order valence-electron chi connectivity index (χ4n) is 0.175. The van der Waals surface area contributed by atoms with Crippen LogP contribution in [-0.4, -0.2) is 29.7 Å². The molecule has 60 valence electrons. The van der Waals surface area contributed by atoms with Gasteiger partial charge in [-0.1, -0.05) is 0 Å². The van der Waals surface area contributed by atoms with Gasteiger partial charge in [0.05, 0.1) is 0 Å². The highest BCUT2D eigenvalue weighted by atomic mass is 31.3. The normalized spacial score (nSPS) is 13.3. The molecule has 0 aromatic heterocycles. The maximum Gasteiger partial charge on any atom is 0.492 e. The number of rotatable bonds is 2. The molecule has 9 heteroatoms. The van der Waals surface area contributed by atoms with Gasteiger partial charge in [0.2, 0.25) is 0 Å². The number of carbonyl (C=O) groups is 1. The second kappa shape index (κ2) is 2.64. The van der Waals surface area contributed by atoms with Crippen LogP contribution in [0.5, 0.6) is 0 Å². The Bertz CT molecular complexity index is 182. The smallest absolute Gasteiger partial charge is 0.316 e. The molecular weight excluding hydrogens is 186 g/mol. The second-order valence-electron chi connectivity index (χ2n) is 1.39. The van der Waals surface area contributed by atoms with Gasteiger partial charge in [-0.05, 0) is 0 Å². The molecular formula is CH5O7P2+. The van der Waals surface area contributed by atoms with Crippen LogP contribution in [-0.2, 0) is 4.57 Å². The molecule has 0 radical (unpaired) electrons. The fourth-order valence-corrected chi connectivity index (χ4v) is 1.57. The third-order valence-electron chi connectivity index (χ3n) is 0.506. The molecule has 0 saturated heterocycles. The minimum atomic E-state index is -5.22. The first kappa shape index (κ1) is 10.1. The highest BCUT2D eigenvalue weighted by Crippen LogP contribution is 2.59. The van der Waals surface area contributed by atoms with Crippen LogP contribution in [0.3, 0.4) is 0 Å². The number of hydrogen-bond acceptors (Lipinski definition) is 5. The van der Waals surface area contributed by atoms with Crippen molar-refractivity contribution in [2.75, 3.05) is 0 Å². The Morgan fingerprint density at radius 3 is 1.50 bits per heavy atom. The van der Waals surface area contributed by atoms with Crippen LogP contribution in [0.1, 0.15) is 0 Å². The van der Waals surface area contributed by atoms with Crippen molar-refractivity contribution in [3.8, 4) is 0 Å². The first-order valence-electron chi connectivity index (χ1n) is 1.83. The van der Waals surface area contributed by atoms with Crippen molar-refractivity contribution in [2.24, 2.45) is 0 Å². The maximum absolute atomic E-state index is 10.0. The Hall–Kier alpha value is 0.130. The minimum Gasteiger partial charge on any atom is -0.316 e. The highest BCUT2D eigenvalue weighted by molar-refractivity contribution is 7.99.